The Bertz CT molecular complexity index is 397. The molecule has 5 heteroatoms. The Morgan fingerprint density at radius 1 is 1.63 bits per heavy atom. The summed E-state index contributed by atoms with van der Waals surface area (Å²) in [6, 6.07) is -0.0116. The molecule has 0 radical (unpaired) electrons. The molecule has 2 N–H and O–H groups in total. The molecule has 2 heterocycles. The Labute approximate surface area is 115 Å². The van der Waals surface area contributed by atoms with Gasteiger partial charge in [0.2, 0.25) is 0 Å². The maximum atomic E-state index is 6.36. The standard InChI is InChI=1S/C14H25N3O2/c1-4-19-14(2,3)9-17-10-16-7-12(17)13(15)11-5-6-18-8-11/h7,10-11,13H,4-6,8-9,15H2,1-3H3. The van der Waals surface area contributed by atoms with Gasteiger partial charge in [-0.2, -0.15) is 0 Å². The number of hydrogen-bond acceptors (Lipinski definition) is 4. The van der Waals surface area contributed by atoms with E-state index in [2.05, 4.69) is 23.4 Å². The monoisotopic (exact) mass is 267 g/mol. The van der Waals surface area contributed by atoms with Gasteiger partial charge in [-0.05, 0) is 27.2 Å². The largest absolute Gasteiger partial charge is 0.381 e. The molecule has 2 atom stereocenters. The summed E-state index contributed by atoms with van der Waals surface area (Å²) in [5.74, 6) is 0.394. The van der Waals surface area contributed by atoms with Crippen LogP contribution in [0.3, 0.4) is 0 Å². The third-order valence-corrected chi connectivity index (χ3v) is 3.64. The first-order chi connectivity index (χ1) is 9.03. The van der Waals surface area contributed by atoms with Crippen LogP contribution < -0.4 is 5.73 Å². The van der Waals surface area contributed by atoms with Crippen LogP contribution in [0.25, 0.3) is 0 Å². The van der Waals surface area contributed by atoms with Crippen molar-refractivity contribution < 1.29 is 9.47 Å². The quantitative estimate of drug-likeness (QED) is 0.852. The number of rotatable bonds is 6. The highest BCUT2D eigenvalue weighted by Crippen LogP contribution is 2.27. The third-order valence-electron chi connectivity index (χ3n) is 3.64. The van der Waals surface area contributed by atoms with E-state index in [0.29, 0.717) is 12.5 Å². The van der Waals surface area contributed by atoms with E-state index in [9.17, 15) is 0 Å². The van der Waals surface area contributed by atoms with Gasteiger partial charge in [0, 0.05) is 25.3 Å². The summed E-state index contributed by atoms with van der Waals surface area (Å²) >= 11 is 0. The number of ether oxygens (including phenoxy) is 2. The highest BCUT2D eigenvalue weighted by Gasteiger charge is 2.28. The predicted octanol–water partition coefficient (Wildman–Crippen LogP) is 1.73. The van der Waals surface area contributed by atoms with Gasteiger partial charge in [-0.1, -0.05) is 0 Å². The summed E-state index contributed by atoms with van der Waals surface area (Å²) in [5, 5.41) is 0. The second-order valence-corrected chi connectivity index (χ2v) is 5.79. The van der Waals surface area contributed by atoms with E-state index in [1.807, 2.05) is 19.4 Å². The molecular weight excluding hydrogens is 242 g/mol. The fourth-order valence-corrected chi connectivity index (χ4v) is 2.66. The van der Waals surface area contributed by atoms with E-state index >= 15 is 0 Å². The van der Waals surface area contributed by atoms with E-state index < -0.39 is 0 Å². The minimum Gasteiger partial charge on any atom is -0.381 e. The lowest BCUT2D eigenvalue weighted by molar-refractivity contribution is -0.0231. The second-order valence-electron chi connectivity index (χ2n) is 5.79. The Morgan fingerprint density at radius 2 is 2.42 bits per heavy atom. The Kier molecular flexibility index (Phi) is 4.60. The normalized spacial score (nSPS) is 21.8. The highest BCUT2D eigenvalue weighted by molar-refractivity contribution is 5.07. The van der Waals surface area contributed by atoms with Gasteiger partial charge in [-0.25, -0.2) is 4.98 Å². The molecular formula is C14H25N3O2. The fraction of sp³-hybridized carbons (Fsp3) is 0.786. The Balaban J connectivity index is 2.08. The molecule has 0 amide bonds. The average Bonchev–Trinajstić information content (AvgIpc) is 2.97. The molecule has 2 rings (SSSR count). The number of imidazole rings is 1. The van der Waals surface area contributed by atoms with Crippen molar-refractivity contribution in [2.45, 2.75) is 45.4 Å². The molecule has 0 aliphatic carbocycles. The first kappa shape index (κ1) is 14.5. The van der Waals surface area contributed by atoms with Gasteiger partial charge >= 0.3 is 0 Å². The molecule has 0 bridgehead atoms. The van der Waals surface area contributed by atoms with Crippen LogP contribution in [0.15, 0.2) is 12.5 Å². The summed E-state index contributed by atoms with van der Waals surface area (Å²) in [7, 11) is 0. The number of nitrogens with two attached hydrogens (primary N) is 1. The molecule has 1 aromatic heterocycles. The van der Waals surface area contributed by atoms with E-state index in [1.54, 1.807) is 0 Å². The molecule has 1 aliphatic rings. The summed E-state index contributed by atoms with van der Waals surface area (Å²) < 4.78 is 13.3. The molecule has 0 saturated carbocycles. The minimum absolute atomic E-state index is 0.0116. The number of nitrogens with zero attached hydrogens (tertiary/aromatic N) is 2. The van der Waals surface area contributed by atoms with Crippen molar-refractivity contribution in [2.75, 3.05) is 19.8 Å². The summed E-state index contributed by atoms with van der Waals surface area (Å²) in [4.78, 5) is 4.25. The van der Waals surface area contributed by atoms with Crippen LogP contribution >= 0.6 is 0 Å². The van der Waals surface area contributed by atoms with Crippen LogP contribution in [0.1, 0.15) is 38.9 Å². The van der Waals surface area contributed by atoms with Crippen LogP contribution in [0.2, 0.25) is 0 Å². The van der Waals surface area contributed by atoms with Gasteiger partial charge in [0.05, 0.1) is 36.8 Å². The summed E-state index contributed by atoms with van der Waals surface area (Å²) in [6.45, 7) is 9.22. The van der Waals surface area contributed by atoms with E-state index in [0.717, 1.165) is 31.9 Å². The van der Waals surface area contributed by atoms with Gasteiger partial charge in [-0.15, -0.1) is 0 Å². The molecule has 0 spiro atoms. The predicted molar refractivity (Wildman–Crippen MR) is 73.8 cm³/mol. The van der Waals surface area contributed by atoms with Crippen molar-refractivity contribution in [2.24, 2.45) is 11.7 Å². The van der Waals surface area contributed by atoms with Crippen LogP contribution in [0.4, 0.5) is 0 Å². The number of hydrogen-bond donors (Lipinski definition) is 1. The fourth-order valence-electron chi connectivity index (χ4n) is 2.66. The van der Waals surface area contributed by atoms with Crippen molar-refractivity contribution in [3.8, 4) is 0 Å². The summed E-state index contributed by atoms with van der Waals surface area (Å²) in [5.41, 5.74) is 7.22. The smallest absolute Gasteiger partial charge is 0.0949 e. The molecule has 1 aromatic rings. The van der Waals surface area contributed by atoms with Crippen LogP contribution in [0, 0.1) is 5.92 Å². The van der Waals surface area contributed by atoms with Gasteiger partial charge in [0.15, 0.2) is 0 Å². The Hall–Kier alpha value is -0.910. The molecule has 1 fully saturated rings. The van der Waals surface area contributed by atoms with Gasteiger partial charge < -0.3 is 19.8 Å². The van der Waals surface area contributed by atoms with Crippen molar-refractivity contribution >= 4 is 0 Å². The Morgan fingerprint density at radius 3 is 3.05 bits per heavy atom. The maximum Gasteiger partial charge on any atom is 0.0949 e. The molecule has 0 aromatic carbocycles. The first-order valence-corrected chi connectivity index (χ1v) is 7.01. The van der Waals surface area contributed by atoms with Crippen molar-refractivity contribution in [3.63, 3.8) is 0 Å². The zero-order valence-electron chi connectivity index (χ0n) is 12.1. The van der Waals surface area contributed by atoms with E-state index in [-0.39, 0.29) is 11.6 Å². The summed E-state index contributed by atoms with van der Waals surface area (Å²) in [6.07, 6.45) is 4.73. The van der Waals surface area contributed by atoms with E-state index in [4.69, 9.17) is 15.2 Å². The molecule has 19 heavy (non-hydrogen) atoms. The topological polar surface area (TPSA) is 62.3 Å². The maximum absolute atomic E-state index is 6.36. The van der Waals surface area contributed by atoms with Crippen LogP contribution in [-0.2, 0) is 16.0 Å². The lowest BCUT2D eigenvalue weighted by Gasteiger charge is -2.27. The molecule has 1 aliphatic heterocycles. The SMILES string of the molecule is CCOC(C)(C)Cn1cncc1C(N)C1CCOC1. The molecule has 2 unspecified atom stereocenters. The number of aromatic nitrogens is 2. The lowest BCUT2D eigenvalue weighted by Crippen LogP contribution is -2.33. The average molecular weight is 267 g/mol. The zero-order valence-corrected chi connectivity index (χ0v) is 12.1. The van der Waals surface area contributed by atoms with E-state index in [1.165, 1.54) is 0 Å². The van der Waals surface area contributed by atoms with Gasteiger partial charge in [0.25, 0.3) is 0 Å². The lowest BCUT2D eigenvalue weighted by atomic mass is 9.97. The van der Waals surface area contributed by atoms with Crippen LogP contribution in [-0.4, -0.2) is 35.0 Å². The minimum atomic E-state index is -0.212. The van der Waals surface area contributed by atoms with Crippen molar-refractivity contribution in [1.82, 2.24) is 9.55 Å². The molecule has 5 nitrogen and oxygen atoms in total. The van der Waals surface area contributed by atoms with Gasteiger partial charge in [-0.3, -0.25) is 0 Å². The van der Waals surface area contributed by atoms with Crippen molar-refractivity contribution in [1.29, 1.82) is 0 Å². The highest BCUT2D eigenvalue weighted by atomic mass is 16.5. The molecule has 1 saturated heterocycles. The first-order valence-electron chi connectivity index (χ1n) is 7.01. The second kappa shape index (κ2) is 6.03. The van der Waals surface area contributed by atoms with Crippen LogP contribution in [0.5, 0.6) is 0 Å². The van der Waals surface area contributed by atoms with Crippen molar-refractivity contribution in [3.05, 3.63) is 18.2 Å². The zero-order chi connectivity index (χ0) is 13.9. The van der Waals surface area contributed by atoms with Gasteiger partial charge in [0.1, 0.15) is 0 Å². The third kappa shape index (κ3) is 3.55. The molecule has 108 valence electrons.